The van der Waals surface area contributed by atoms with E-state index in [0.29, 0.717) is 17.7 Å². The monoisotopic (exact) mass is 432 g/mol. The number of nitrogens with zero attached hydrogens (tertiary/aromatic N) is 1. The van der Waals surface area contributed by atoms with Crippen LogP contribution in [0, 0.1) is 17.0 Å². The fourth-order valence-corrected chi connectivity index (χ4v) is 3.82. The summed E-state index contributed by atoms with van der Waals surface area (Å²) >= 11 is 1.76. The third-order valence-electron chi connectivity index (χ3n) is 4.64. The number of amides is 1. The number of rotatable bonds is 9. The van der Waals surface area contributed by atoms with Crippen LogP contribution in [0.5, 0.6) is 0 Å². The molecule has 0 radical (unpaired) electrons. The molecule has 0 heterocycles. The Morgan fingerprint density at radius 1 is 1.03 bits per heavy atom. The summed E-state index contributed by atoms with van der Waals surface area (Å²) in [6.07, 6.45) is 1.69. The van der Waals surface area contributed by atoms with E-state index in [9.17, 15) is 14.9 Å². The SMILES string of the molecule is Cc1ccc(CSCCNC(=O)/C(=C/c2cccc([N+](=O)[O-])c2)c2ccccc2)cc1. The molecular formula is C25H24N2O3S. The highest BCUT2D eigenvalue weighted by molar-refractivity contribution is 7.98. The van der Waals surface area contributed by atoms with Gasteiger partial charge in [-0.3, -0.25) is 14.9 Å². The standard InChI is InChI=1S/C25H24N2O3S/c1-19-10-12-20(13-11-19)18-31-15-14-26-25(28)24(22-7-3-2-4-8-22)17-21-6-5-9-23(16-21)27(29)30/h2-13,16-17H,14-15,18H2,1H3,(H,26,28)/b24-17+. The predicted octanol–water partition coefficient (Wildman–Crippen LogP) is 5.49. The molecule has 0 aromatic heterocycles. The van der Waals surface area contributed by atoms with Crippen molar-refractivity contribution in [3.8, 4) is 0 Å². The van der Waals surface area contributed by atoms with Gasteiger partial charge in [0.1, 0.15) is 0 Å². The van der Waals surface area contributed by atoms with Gasteiger partial charge < -0.3 is 5.32 Å². The van der Waals surface area contributed by atoms with E-state index in [1.807, 2.05) is 30.3 Å². The van der Waals surface area contributed by atoms with Gasteiger partial charge in [0.2, 0.25) is 0 Å². The Balaban J connectivity index is 1.65. The van der Waals surface area contributed by atoms with Crippen LogP contribution in [0.1, 0.15) is 22.3 Å². The van der Waals surface area contributed by atoms with Gasteiger partial charge in [-0.15, -0.1) is 0 Å². The zero-order chi connectivity index (χ0) is 22.1. The molecule has 0 atom stereocenters. The van der Waals surface area contributed by atoms with Crippen molar-refractivity contribution in [2.45, 2.75) is 12.7 Å². The summed E-state index contributed by atoms with van der Waals surface area (Å²) in [7, 11) is 0. The normalized spacial score (nSPS) is 11.2. The largest absolute Gasteiger partial charge is 0.351 e. The van der Waals surface area contributed by atoms with Crippen LogP contribution in [0.25, 0.3) is 11.6 Å². The topological polar surface area (TPSA) is 72.2 Å². The van der Waals surface area contributed by atoms with Crippen molar-refractivity contribution in [2.75, 3.05) is 12.3 Å². The number of benzene rings is 3. The molecule has 3 aromatic carbocycles. The molecule has 3 aromatic rings. The van der Waals surface area contributed by atoms with Gasteiger partial charge in [-0.25, -0.2) is 0 Å². The maximum atomic E-state index is 12.9. The number of nitro groups is 1. The van der Waals surface area contributed by atoms with Gasteiger partial charge in [0.05, 0.1) is 4.92 Å². The fraction of sp³-hybridized carbons (Fsp3) is 0.160. The fourth-order valence-electron chi connectivity index (χ4n) is 3.00. The van der Waals surface area contributed by atoms with Crippen molar-refractivity contribution in [3.05, 3.63) is 111 Å². The van der Waals surface area contributed by atoms with Crippen LogP contribution in [-0.2, 0) is 10.5 Å². The Hall–Kier alpha value is -3.38. The Morgan fingerprint density at radius 3 is 2.48 bits per heavy atom. The molecule has 6 heteroatoms. The van der Waals surface area contributed by atoms with Crippen LogP contribution in [0.15, 0.2) is 78.9 Å². The van der Waals surface area contributed by atoms with E-state index in [1.165, 1.54) is 23.3 Å². The highest BCUT2D eigenvalue weighted by Gasteiger charge is 2.13. The van der Waals surface area contributed by atoms with Crippen molar-refractivity contribution >= 4 is 35.0 Å². The first-order valence-electron chi connectivity index (χ1n) is 9.96. The maximum Gasteiger partial charge on any atom is 0.270 e. The smallest absolute Gasteiger partial charge is 0.270 e. The second-order valence-corrected chi connectivity index (χ2v) is 8.18. The number of hydrogen-bond acceptors (Lipinski definition) is 4. The lowest BCUT2D eigenvalue weighted by atomic mass is 10.0. The summed E-state index contributed by atoms with van der Waals surface area (Å²) in [5, 5.41) is 14.0. The number of non-ortho nitro benzene ring substituents is 1. The van der Waals surface area contributed by atoms with E-state index in [-0.39, 0.29) is 11.6 Å². The molecular weight excluding hydrogens is 408 g/mol. The van der Waals surface area contributed by atoms with Gasteiger partial charge in [0.15, 0.2) is 0 Å². The van der Waals surface area contributed by atoms with Crippen LogP contribution in [0.3, 0.4) is 0 Å². The number of carbonyl (C=O) groups excluding carboxylic acids is 1. The summed E-state index contributed by atoms with van der Waals surface area (Å²) < 4.78 is 0. The second kappa shape index (κ2) is 11.1. The Kier molecular flexibility index (Phi) is 8.01. The molecule has 0 aliphatic rings. The summed E-state index contributed by atoms with van der Waals surface area (Å²) in [6.45, 7) is 2.60. The number of hydrogen-bond donors (Lipinski definition) is 1. The number of carbonyl (C=O) groups is 1. The van der Waals surface area contributed by atoms with Crippen molar-refractivity contribution < 1.29 is 9.72 Å². The Bertz CT molecular complexity index is 1060. The van der Waals surface area contributed by atoms with E-state index in [1.54, 1.807) is 30.0 Å². The third-order valence-corrected chi connectivity index (χ3v) is 5.67. The summed E-state index contributed by atoms with van der Waals surface area (Å²) in [6, 6.07) is 24.0. The van der Waals surface area contributed by atoms with Gasteiger partial charge in [-0.2, -0.15) is 11.8 Å². The van der Waals surface area contributed by atoms with Crippen molar-refractivity contribution in [2.24, 2.45) is 0 Å². The minimum absolute atomic E-state index is 0.00549. The molecule has 0 saturated heterocycles. The van der Waals surface area contributed by atoms with E-state index in [2.05, 4.69) is 36.5 Å². The van der Waals surface area contributed by atoms with E-state index in [0.717, 1.165) is 17.1 Å². The second-order valence-electron chi connectivity index (χ2n) is 7.07. The van der Waals surface area contributed by atoms with Gasteiger partial charge in [0.25, 0.3) is 11.6 Å². The minimum Gasteiger partial charge on any atom is -0.351 e. The van der Waals surface area contributed by atoms with E-state index >= 15 is 0 Å². The zero-order valence-electron chi connectivity index (χ0n) is 17.3. The molecule has 3 rings (SSSR count). The summed E-state index contributed by atoms with van der Waals surface area (Å²) in [5.41, 5.74) is 4.34. The molecule has 0 fully saturated rings. The summed E-state index contributed by atoms with van der Waals surface area (Å²) in [4.78, 5) is 23.5. The highest BCUT2D eigenvalue weighted by atomic mass is 32.2. The Morgan fingerprint density at radius 2 is 1.77 bits per heavy atom. The van der Waals surface area contributed by atoms with E-state index < -0.39 is 4.92 Å². The lowest BCUT2D eigenvalue weighted by Crippen LogP contribution is -2.26. The Labute approximate surface area is 186 Å². The molecule has 31 heavy (non-hydrogen) atoms. The molecule has 0 bridgehead atoms. The zero-order valence-corrected chi connectivity index (χ0v) is 18.1. The summed E-state index contributed by atoms with van der Waals surface area (Å²) in [5.74, 6) is 1.48. The number of thioether (sulfide) groups is 1. The van der Waals surface area contributed by atoms with Crippen LogP contribution in [0.2, 0.25) is 0 Å². The number of nitrogens with one attached hydrogen (secondary N) is 1. The van der Waals surface area contributed by atoms with Gasteiger partial charge >= 0.3 is 0 Å². The molecule has 0 unspecified atom stereocenters. The van der Waals surface area contributed by atoms with Crippen LogP contribution in [0.4, 0.5) is 5.69 Å². The first-order valence-corrected chi connectivity index (χ1v) is 11.1. The number of nitro benzene ring substituents is 1. The molecule has 158 valence electrons. The average molecular weight is 433 g/mol. The molecule has 1 amide bonds. The maximum absolute atomic E-state index is 12.9. The van der Waals surface area contributed by atoms with Crippen LogP contribution in [-0.4, -0.2) is 23.1 Å². The average Bonchev–Trinajstić information content (AvgIpc) is 2.79. The van der Waals surface area contributed by atoms with Crippen LogP contribution >= 0.6 is 11.8 Å². The molecule has 0 spiro atoms. The van der Waals surface area contributed by atoms with E-state index in [4.69, 9.17) is 0 Å². The van der Waals surface area contributed by atoms with Crippen molar-refractivity contribution in [3.63, 3.8) is 0 Å². The van der Waals surface area contributed by atoms with Crippen LogP contribution < -0.4 is 5.32 Å². The first kappa shape index (κ1) is 22.3. The molecule has 0 aliphatic heterocycles. The van der Waals surface area contributed by atoms with Crippen molar-refractivity contribution in [1.29, 1.82) is 0 Å². The molecule has 0 aliphatic carbocycles. The quantitative estimate of drug-likeness (QED) is 0.159. The lowest BCUT2D eigenvalue weighted by Gasteiger charge is -2.10. The first-order chi connectivity index (χ1) is 15.0. The minimum atomic E-state index is -0.440. The van der Waals surface area contributed by atoms with Gasteiger partial charge in [0, 0.05) is 35.8 Å². The predicted molar refractivity (Wildman–Crippen MR) is 128 cm³/mol. The van der Waals surface area contributed by atoms with Gasteiger partial charge in [-0.05, 0) is 29.7 Å². The molecule has 5 nitrogen and oxygen atoms in total. The number of aryl methyl sites for hydroxylation is 1. The lowest BCUT2D eigenvalue weighted by molar-refractivity contribution is -0.384. The molecule has 1 N–H and O–H groups in total. The highest BCUT2D eigenvalue weighted by Crippen LogP contribution is 2.21. The molecule has 0 saturated carbocycles. The third kappa shape index (κ3) is 6.83. The van der Waals surface area contributed by atoms with Crippen molar-refractivity contribution in [1.82, 2.24) is 5.32 Å². The van der Waals surface area contributed by atoms with Gasteiger partial charge in [-0.1, -0.05) is 72.3 Å².